The van der Waals surface area contributed by atoms with Gasteiger partial charge in [0.05, 0.1) is 22.5 Å². The van der Waals surface area contributed by atoms with Crippen LogP contribution in [0.25, 0.3) is 0 Å². The largest absolute Gasteiger partial charge is 0.480 e. The van der Waals surface area contributed by atoms with Gasteiger partial charge in [0.25, 0.3) is 0 Å². The molecule has 0 spiro atoms. The molecular formula is C11H11ClF3NO4S. The zero-order chi connectivity index (χ0) is 16.6. The molecule has 1 atom stereocenters. The Morgan fingerprint density at radius 2 is 1.90 bits per heavy atom. The molecule has 0 aliphatic heterocycles. The number of alkyl halides is 3. The number of sulfonamides is 1. The number of rotatable bonds is 4. The lowest BCUT2D eigenvalue weighted by atomic mass is 10.2. The Bertz CT molecular complexity index is 660. The molecule has 0 aliphatic carbocycles. The summed E-state index contributed by atoms with van der Waals surface area (Å²) in [6, 6.07) is 0.438. The van der Waals surface area contributed by atoms with E-state index in [1.54, 1.807) is 0 Å². The van der Waals surface area contributed by atoms with Crippen molar-refractivity contribution in [2.75, 3.05) is 10.6 Å². The molecule has 118 valence electrons. The molecule has 0 amide bonds. The van der Waals surface area contributed by atoms with Crippen LogP contribution < -0.4 is 4.31 Å². The van der Waals surface area contributed by atoms with Crippen molar-refractivity contribution in [2.24, 2.45) is 0 Å². The summed E-state index contributed by atoms with van der Waals surface area (Å²) < 4.78 is 61.8. The number of hydrogen-bond donors (Lipinski definition) is 1. The molecule has 10 heteroatoms. The number of halogens is 4. The molecule has 1 aromatic carbocycles. The quantitative estimate of drug-likeness (QED) is 0.910. The van der Waals surface area contributed by atoms with Crippen LogP contribution in [-0.2, 0) is 21.0 Å². The highest BCUT2D eigenvalue weighted by Gasteiger charge is 2.35. The second kappa shape index (κ2) is 5.72. The maximum Gasteiger partial charge on any atom is 0.416 e. The normalized spacial score (nSPS) is 13.8. The van der Waals surface area contributed by atoms with Gasteiger partial charge in [-0.2, -0.15) is 13.2 Å². The minimum Gasteiger partial charge on any atom is -0.480 e. The van der Waals surface area contributed by atoms with Gasteiger partial charge in [-0.05, 0) is 25.1 Å². The van der Waals surface area contributed by atoms with Gasteiger partial charge in [-0.15, -0.1) is 0 Å². The first kappa shape index (κ1) is 17.6. The maximum atomic E-state index is 12.7. The number of carboxylic acids is 1. The van der Waals surface area contributed by atoms with Crippen molar-refractivity contribution in [1.82, 2.24) is 0 Å². The van der Waals surface area contributed by atoms with Gasteiger partial charge >= 0.3 is 12.1 Å². The van der Waals surface area contributed by atoms with Crippen LogP contribution >= 0.6 is 11.6 Å². The van der Waals surface area contributed by atoms with Crippen LogP contribution in [-0.4, -0.2) is 31.8 Å². The monoisotopic (exact) mass is 345 g/mol. The van der Waals surface area contributed by atoms with E-state index in [4.69, 9.17) is 16.7 Å². The fourth-order valence-corrected chi connectivity index (χ4v) is 3.06. The van der Waals surface area contributed by atoms with Crippen molar-refractivity contribution in [1.29, 1.82) is 0 Å². The van der Waals surface area contributed by atoms with Gasteiger partial charge in [0.2, 0.25) is 10.0 Å². The smallest absolute Gasteiger partial charge is 0.416 e. The lowest BCUT2D eigenvalue weighted by Crippen LogP contribution is -2.43. The zero-order valence-electron chi connectivity index (χ0n) is 10.8. The molecule has 1 rings (SSSR count). The molecule has 0 bridgehead atoms. The van der Waals surface area contributed by atoms with E-state index >= 15 is 0 Å². The Morgan fingerprint density at radius 3 is 2.29 bits per heavy atom. The van der Waals surface area contributed by atoms with Gasteiger partial charge < -0.3 is 5.11 Å². The van der Waals surface area contributed by atoms with E-state index < -0.39 is 39.5 Å². The first-order valence-electron chi connectivity index (χ1n) is 5.44. The third-order valence-corrected chi connectivity index (χ3v) is 4.12. The van der Waals surface area contributed by atoms with Crippen LogP contribution in [0.2, 0.25) is 5.02 Å². The Balaban J connectivity index is 3.55. The van der Waals surface area contributed by atoms with Gasteiger partial charge in [0.1, 0.15) is 6.04 Å². The van der Waals surface area contributed by atoms with Gasteiger partial charge in [0.15, 0.2) is 0 Å². The summed E-state index contributed by atoms with van der Waals surface area (Å²) in [5.74, 6) is -1.52. The molecule has 1 N–H and O–H groups in total. The molecule has 0 radical (unpaired) electrons. The fraction of sp³-hybridized carbons (Fsp3) is 0.364. The van der Waals surface area contributed by atoms with E-state index in [2.05, 4.69) is 0 Å². The summed E-state index contributed by atoms with van der Waals surface area (Å²) >= 11 is 5.73. The Labute approximate surface area is 124 Å². The Morgan fingerprint density at radius 1 is 1.38 bits per heavy atom. The first-order chi connectivity index (χ1) is 9.35. The van der Waals surface area contributed by atoms with Crippen molar-refractivity contribution in [2.45, 2.75) is 19.1 Å². The second-order valence-electron chi connectivity index (χ2n) is 4.24. The maximum absolute atomic E-state index is 12.7. The third-order valence-electron chi connectivity index (χ3n) is 2.58. The molecular weight excluding hydrogens is 335 g/mol. The van der Waals surface area contributed by atoms with Crippen LogP contribution in [0, 0.1) is 0 Å². The predicted octanol–water partition coefficient (Wildman–Crippen LogP) is 2.60. The molecule has 0 saturated carbocycles. The SMILES string of the molecule is CC(C(=O)O)N(c1cc(C(F)(F)F)ccc1Cl)S(C)(=O)=O. The molecule has 0 heterocycles. The number of hydrogen-bond acceptors (Lipinski definition) is 3. The van der Waals surface area contributed by atoms with Crippen molar-refractivity contribution < 1.29 is 31.5 Å². The average Bonchev–Trinajstić information content (AvgIpc) is 2.28. The molecule has 0 aliphatic rings. The second-order valence-corrected chi connectivity index (χ2v) is 6.50. The van der Waals surface area contributed by atoms with Crippen LogP contribution in [0.1, 0.15) is 12.5 Å². The average molecular weight is 346 g/mol. The molecule has 0 saturated heterocycles. The van der Waals surface area contributed by atoms with E-state index in [0.717, 1.165) is 13.0 Å². The van der Waals surface area contributed by atoms with E-state index in [-0.39, 0.29) is 5.02 Å². The standard InChI is InChI=1S/C11H11ClF3NO4S/c1-6(10(17)18)16(21(2,19)20)9-5-7(11(13,14)15)3-4-8(9)12/h3-6H,1-2H3,(H,17,18). The molecule has 0 aromatic heterocycles. The van der Waals surface area contributed by atoms with Gasteiger partial charge in [-0.25, -0.2) is 13.2 Å². The van der Waals surface area contributed by atoms with Crippen LogP contribution in [0.3, 0.4) is 0 Å². The summed E-state index contributed by atoms with van der Waals surface area (Å²) in [5.41, 5.74) is -1.67. The third kappa shape index (κ3) is 4.01. The fourth-order valence-electron chi connectivity index (χ4n) is 1.63. The van der Waals surface area contributed by atoms with Crippen molar-refractivity contribution in [3.05, 3.63) is 28.8 Å². The van der Waals surface area contributed by atoms with Crippen LogP contribution in [0.15, 0.2) is 18.2 Å². The Hall–Kier alpha value is -1.48. The van der Waals surface area contributed by atoms with Crippen molar-refractivity contribution >= 4 is 33.3 Å². The number of aliphatic carboxylic acids is 1. The van der Waals surface area contributed by atoms with E-state index in [1.807, 2.05) is 0 Å². The predicted molar refractivity (Wildman–Crippen MR) is 70.9 cm³/mol. The van der Waals surface area contributed by atoms with E-state index in [0.29, 0.717) is 22.7 Å². The van der Waals surface area contributed by atoms with Crippen LogP contribution in [0.5, 0.6) is 0 Å². The number of benzene rings is 1. The summed E-state index contributed by atoms with van der Waals surface area (Å²) in [5, 5.41) is 8.62. The number of carboxylic acid groups (broad SMARTS) is 1. The summed E-state index contributed by atoms with van der Waals surface area (Å²) in [4.78, 5) is 11.0. The number of nitrogens with zero attached hydrogens (tertiary/aromatic N) is 1. The minimum absolute atomic E-state index is 0.304. The molecule has 21 heavy (non-hydrogen) atoms. The molecule has 5 nitrogen and oxygen atoms in total. The topological polar surface area (TPSA) is 74.7 Å². The van der Waals surface area contributed by atoms with Gasteiger partial charge in [-0.1, -0.05) is 11.6 Å². The van der Waals surface area contributed by atoms with Crippen molar-refractivity contribution in [3.63, 3.8) is 0 Å². The van der Waals surface area contributed by atoms with Crippen LogP contribution in [0.4, 0.5) is 18.9 Å². The molecule has 0 fully saturated rings. The van der Waals surface area contributed by atoms with Gasteiger partial charge in [0, 0.05) is 0 Å². The van der Waals surface area contributed by atoms with Gasteiger partial charge in [-0.3, -0.25) is 4.31 Å². The summed E-state index contributed by atoms with van der Waals surface area (Å²) in [6.07, 6.45) is -4.03. The Kier molecular flexibility index (Phi) is 4.79. The number of carbonyl (C=O) groups is 1. The zero-order valence-corrected chi connectivity index (χ0v) is 12.4. The lowest BCUT2D eigenvalue weighted by molar-refractivity contribution is -0.138. The summed E-state index contributed by atoms with van der Waals surface area (Å²) in [7, 11) is -4.15. The molecule has 1 aromatic rings. The summed E-state index contributed by atoms with van der Waals surface area (Å²) in [6.45, 7) is 1.03. The van der Waals surface area contributed by atoms with Crippen molar-refractivity contribution in [3.8, 4) is 0 Å². The van der Waals surface area contributed by atoms with E-state index in [9.17, 15) is 26.4 Å². The highest BCUT2D eigenvalue weighted by atomic mass is 35.5. The number of anilines is 1. The highest BCUT2D eigenvalue weighted by Crippen LogP contribution is 2.36. The highest BCUT2D eigenvalue weighted by molar-refractivity contribution is 7.92. The minimum atomic E-state index is -4.71. The van der Waals surface area contributed by atoms with E-state index in [1.165, 1.54) is 0 Å². The molecule has 1 unspecified atom stereocenters. The first-order valence-corrected chi connectivity index (χ1v) is 7.67. The lowest BCUT2D eigenvalue weighted by Gasteiger charge is -2.27.